The molecule has 0 spiro atoms. The van der Waals surface area contributed by atoms with Crippen molar-refractivity contribution in [1.29, 1.82) is 0 Å². The minimum Gasteiger partial charge on any atom is -0.326 e. The molecule has 1 aromatic carbocycles. The predicted molar refractivity (Wildman–Crippen MR) is 73.7 cm³/mol. The minimum absolute atomic E-state index is 0.224. The Kier molecular flexibility index (Phi) is 4.60. The molecule has 0 saturated heterocycles. The summed E-state index contributed by atoms with van der Waals surface area (Å²) in [4.78, 5) is 6.37. The first-order valence-electron chi connectivity index (χ1n) is 6.25. The van der Waals surface area contributed by atoms with Gasteiger partial charge in [-0.1, -0.05) is 12.1 Å². The number of halogens is 1. The van der Waals surface area contributed by atoms with Gasteiger partial charge in [-0.25, -0.2) is 4.39 Å². The highest BCUT2D eigenvalue weighted by Crippen LogP contribution is 2.14. The van der Waals surface area contributed by atoms with Crippen LogP contribution in [0.5, 0.6) is 0 Å². The van der Waals surface area contributed by atoms with Gasteiger partial charge in [-0.15, -0.1) is 0 Å². The average Bonchev–Trinajstić information content (AvgIpc) is 2.40. The van der Waals surface area contributed by atoms with Crippen molar-refractivity contribution in [3.63, 3.8) is 0 Å². The lowest BCUT2D eigenvalue weighted by atomic mass is 10.1. The number of benzene rings is 1. The highest BCUT2D eigenvalue weighted by Gasteiger charge is 2.07. The molecule has 0 bridgehead atoms. The second-order valence-electron chi connectivity index (χ2n) is 4.61. The molecule has 0 atom stereocenters. The summed E-state index contributed by atoms with van der Waals surface area (Å²) in [5, 5.41) is 0. The molecule has 0 saturated carbocycles. The third-order valence-electron chi connectivity index (χ3n) is 2.99. The second-order valence-corrected chi connectivity index (χ2v) is 4.61. The smallest absolute Gasteiger partial charge is 0.123 e. The van der Waals surface area contributed by atoms with E-state index >= 15 is 0 Å². The van der Waals surface area contributed by atoms with Crippen molar-refractivity contribution in [2.45, 2.75) is 19.6 Å². The number of nitrogens with two attached hydrogens (primary N) is 1. The Morgan fingerprint density at radius 3 is 2.68 bits per heavy atom. The summed E-state index contributed by atoms with van der Waals surface area (Å²) < 4.78 is 13.3. The van der Waals surface area contributed by atoms with Crippen LogP contribution >= 0.6 is 0 Å². The molecule has 0 aliphatic carbocycles. The van der Waals surface area contributed by atoms with E-state index in [0.29, 0.717) is 13.1 Å². The van der Waals surface area contributed by atoms with Crippen LogP contribution in [-0.4, -0.2) is 16.9 Å². The lowest BCUT2D eigenvalue weighted by Crippen LogP contribution is -2.19. The fraction of sp³-hybridized carbons (Fsp3) is 0.267. The van der Waals surface area contributed by atoms with E-state index in [9.17, 15) is 4.39 Å². The monoisotopic (exact) mass is 259 g/mol. The fourth-order valence-electron chi connectivity index (χ4n) is 2.06. The second kappa shape index (κ2) is 6.41. The van der Waals surface area contributed by atoms with Crippen LogP contribution in [-0.2, 0) is 19.6 Å². The van der Waals surface area contributed by atoms with Gasteiger partial charge in [0.2, 0.25) is 0 Å². The van der Waals surface area contributed by atoms with E-state index in [1.54, 1.807) is 18.3 Å². The molecule has 0 aliphatic rings. The Hall–Kier alpha value is -1.78. The number of hydrogen-bond donors (Lipinski definition) is 1. The zero-order valence-corrected chi connectivity index (χ0v) is 11.0. The molecule has 0 radical (unpaired) electrons. The van der Waals surface area contributed by atoms with Crippen LogP contribution in [0.15, 0.2) is 42.6 Å². The van der Waals surface area contributed by atoms with Crippen LogP contribution < -0.4 is 5.73 Å². The third-order valence-corrected chi connectivity index (χ3v) is 2.99. The maximum Gasteiger partial charge on any atom is 0.123 e. The zero-order chi connectivity index (χ0) is 13.7. The van der Waals surface area contributed by atoms with Crippen molar-refractivity contribution < 1.29 is 4.39 Å². The summed E-state index contributed by atoms with van der Waals surface area (Å²) in [5.74, 6) is -0.224. The van der Waals surface area contributed by atoms with Crippen molar-refractivity contribution >= 4 is 0 Å². The van der Waals surface area contributed by atoms with Crippen LogP contribution in [0.3, 0.4) is 0 Å². The summed E-state index contributed by atoms with van der Waals surface area (Å²) in [7, 11) is 1.99. The molecule has 0 fully saturated rings. The summed E-state index contributed by atoms with van der Waals surface area (Å²) in [6, 6.07) is 10.6. The Bertz CT molecular complexity index is 528. The summed E-state index contributed by atoms with van der Waals surface area (Å²) in [6.45, 7) is 1.80. The van der Waals surface area contributed by atoms with Crippen LogP contribution in [0.1, 0.15) is 16.8 Å². The van der Waals surface area contributed by atoms with E-state index < -0.39 is 0 Å². The normalized spacial score (nSPS) is 10.9. The quantitative estimate of drug-likeness (QED) is 0.896. The molecule has 0 unspecified atom stereocenters. The lowest BCUT2D eigenvalue weighted by Gasteiger charge is -2.18. The van der Waals surface area contributed by atoms with Gasteiger partial charge < -0.3 is 5.73 Å². The maximum atomic E-state index is 13.3. The molecule has 2 N–H and O–H groups in total. The zero-order valence-electron chi connectivity index (χ0n) is 11.0. The van der Waals surface area contributed by atoms with Gasteiger partial charge in [0.05, 0.1) is 5.69 Å². The van der Waals surface area contributed by atoms with Gasteiger partial charge in [-0.2, -0.15) is 0 Å². The molecule has 2 aromatic rings. The molecule has 4 heteroatoms. The average molecular weight is 259 g/mol. The van der Waals surface area contributed by atoms with Crippen LogP contribution in [0.2, 0.25) is 0 Å². The third kappa shape index (κ3) is 3.84. The van der Waals surface area contributed by atoms with E-state index in [4.69, 9.17) is 5.73 Å². The van der Waals surface area contributed by atoms with Gasteiger partial charge in [-0.3, -0.25) is 9.88 Å². The van der Waals surface area contributed by atoms with Crippen molar-refractivity contribution in [2.24, 2.45) is 5.73 Å². The Morgan fingerprint density at radius 2 is 2.00 bits per heavy atom. The summed E-state index contributed by atoms with van der Waals surface area (Å²) in [5.41, 5.74) is 8.58. The van der Waals surface area contributed by atoms with Crippen molar-refractivity contribution in [2.75, 3.05) is 7.05 Å². The Labute approximate surface area is 112 Å². The molecule has 2 rings (SSSR count). The number of aromatic nitrogens is 1. The molecule has 19 heavy (non-hydrogen) atoms. The molecule has 1 heterocycles. The van der Waals surface area contributed by atoms with Crippen molar-refractivity contribution in [3.05, 3.63) is 65.2 Å². The molecule has 3 nitrogen and oxygen atoms in total. The van der Waals surface area contributed by atoms with E-state index in [1.807, 2.05) is 25.2 Å². The van der Waals surface area contributed by atoms with E-state index in [-0.39, 0.29) is 5.82 Å². The van der Waals surface area contributed by atoms with E-state index in [1.165, 1.54) is 6.07 Å². The molecular weight excluding hydrogens is 241 g/mol. The predicted octanol–water partition coefficient (Wildman–Crippen LogP) is 2.31. The van der Waals surface area contributed by atoms with Gasteiger partial charge >= 0.3 is 0 Å². The first-order valence-corrected chi connectivity index (χ1v) is 6.25. The number of pyridine rings is 1. The first-order chi connectivity index (χ1) is 9.19. The largest absolute Gasteiger partial charge is 0.326 e. The molecule has 0 amide bonds. The number of nitrogens with zero attached hydrogens (tertiary/aromatic N) is 2. The standard InChI is InChI=1S/C15H18FN3/c1-19(11-15-4-2-3-7-18-15)10-13-8-14(16)6-5-12(13)9-17/h2-8H,9-11,17H2,1H3. The Balaban J connectivity index is 2.06. The van der Waals surface area contributed by atoms with Crippen LogP contribution in [0.4, 0.5) is 4.39 Å². The fourth-order valence-corrected chi connectivity index (χ4v) is 2.06. The van der Waals surface area contributed by atoms with E-state index in [2.05, 4.69) is 9.88 Å². The van der Waals surface area contributed by atoms with Crippen LogP contribution in [0, 0.1) is 5.82 Å². The molecular formula is C15H18FN3. The van der Waals surface area contributed by atoms with Gasteiger partial charge in [0.1, 0.15) is 5.82 Å². The Morgan fingerprint density at radius 1 is 1.16 bits per heavy atom. The molecule has 100 valence electrons. The van der Waals surface area contributed by atoms with E-state index in [0.717, 1.165) is 23.4 Å². The van der Waals surface area contributed by atoms with Gasteiger partial charge in [0.15, 0.2) is 0 Å². The minimum atomic E-state index is -0.224. The van der Waals surface area contributed by atoms with Gasteiger partial charge in [0.25, 0.3) is 0 Å². The molecule has 1 aromatic heterocycles. The molecule has 0 aliphatic heterocycles. The summed E-state index contributed by atoms with van der Waals surface area (Å²) >= 11 is 0. The maximum absolute atomic E-state index is 13.3. The lowest BCUT2D eigenvalue weighted by molar-refractivity contribution is 0.313. The highest BCUT2D eigenvalue weighted by atomic mass is 19.1. The van der Waals surface area contributed by atoms with Crippen LogP contribution in [0.25, 0.3) is 0 Å². The SMILES string of the molecule is CN(Cc1ccccn1)Cc1cc(F)ccc1CN. The topological polar surface area (TPSA) is 42.2 Å². The number of rotatable bonds is 5. The van der Waals surface area contributed by atoms with Crippen molar-refractivity contribution in [1.82, 2.24) is 9.88 Å². The first kappa shape index (κ1) is 13.6. The van der Waals surface area contributed by atoms with Gasteiger partial charge in [0, 0.05) is 25.8 Å². The number of hydrogen-bond acceptors (Lipinski definition) is 3. The van der Waals surface area contributed by atoms with Gasteiger partial charge in [-0.05, 0) is 42.4 Å². The van der Waals surface area contributed by atoms with Crippen molar-refractivity contribution in [3.8, 4) is 0 Å². The highest BCUT2D eigenvalue weighted by molar-refractivity contribution is 5.27. The summed E-state index contributed by atoms with van der Waals surface area (Å²) in [6.07, 6.45) is 1.77.